The fraction of sp³-hybridized carbons (Fsp3) is 0.241. The Morgan fingerprint density at radius 3 is 2.42 bits per heavy atom. The molecule has 0 unspecified atom stereocenters. The maximum Gasteiger partial charge on any atom is 0.416 e. The predicted octanol–water partition coefficient (Wildman–Crippen LogP) is 6.42. The van der Waals surface area contributed by atoms with Gasteiger partial charge in [0.25, 0.3) is 11.6 Å². The van der Waals surface area contributed by atoms with Gasteiger partial charge in [-0.2, -0.15) is 23.0 Å². The van der Waals surface area contributed by atoms with Crippen molar-refractivity contribution in [2.24, 2.45) is 5.92 Å². The van der Waals surface area contributed by atoms with Crippen molar-refractivity contribution < 1.29 is 36.0 Å². The molecule has 238 valence electrons. The second-order valence-corrected chi connectivity index (χ2v) is 12.5. The molecule has 2 N–H and O–H groups in total. The van der Waals surface area contributed by atoms with Crippen molar-refractivity contribution in [3.05, 3.63) is 104 Å². The summed E-state index contributed by atoms with van der Waals surface area (Å²) in [7, 11) is -4.31. The van der Waals surface area contributed by atoms with Crippen LogP contribution in [0.1, 0.15) is 41.0 Å². The van der Waals surface area contributed by atoms with E-state index in [0.29, 0.717) is 10.7 Å². The molecule has 0 fully saturated rings. The number of carbonyl (C=O) groups is 1. The second-order valence-electron chi connectivity index (χ2n) is 10.3. The van der Waals surface area contributed by atoms with Crippen LogP contribution in [0, 0.1) is 23.0 Å². The van der Waals surface area contributed by atoms with Gasteiger partial charge in [-0.15, -0.1) is 0 Å². The number of hydrogen-bond acceptors (Lipinski definition) is 7. The number of non-ortho nitro benzene ring substituents is 1. The van der Waals surface area contributed by atoms with Gasteiger partial charge in [0.2, 0.25) is 15.9 Å². The Labute approximate surface area is 261 Å². The fourth-order valence-corrected chi connectivity index (χ4v) is 5.54. The first-order valence-corrected chi connectivity index (χ1v) is 15.2. The van der Waals surface area contributed by atoms with E-state index in [1.165, 1.54) is 23.7 Å². The summed E-state index contributed by atoms with van der Waals surface area (Å²) in [6, 6.07) is 13.7. The van der Waals surface area contributed by atoms with Crippen LogP contribution in [0.2, 0.25) is 5.02 Å². The minimum Gasteiger partial charge on any atom is -0.437 e. The van der Waals surface area contributed by atoms with Crippen molar-refractivity contribution >= 4 is 33.2 Å². The molecule has 4 rings (SSSR count). The first-order valence-electron chi connectivity index (χ1n) is 13.3. The van der Waals surface area contributed by atoms with Crippen LogP contribution >= 0.6 is 11.6 Å². The topological polar surface area (TPSA) is 145 Å². The molecule has 0 aliphatic carbocycles. The minimum atomic E-state index is -4.56. The van der Waals surface area contributed by atoms with Crippen molar-refractivity contribution in [2.45, 2.75) is 38.4 Å². The summed E-state index contributed by atoms with van der Waals surface area (Å²) >= 11 is 6.03. The van der Waals surface area contributed by atoms with Gasteiger partial charge in [0.15, 0.2) is 5.69 Å². The van der Waals surface area contributed by atoms with Crippen molar-refractivity contribution in [2.75, 3.05) is 6.54 Å². The number of nitro groups is 1. The minimum absolute atomic E-state index is 0.0440. The zero-order chi connectivity index (χ0) is 33.1. The Kier molecular flexibility index (Phi) is 9.85. The third-order valence-electron chi connectivity index (χ3n) is 6.38. The Morgan fingerprint density at radius 2 is 1.80 bits per heavy atom. The number of ether oxygens (including phenoxy) is 1. The number of alkyl halides is 3. The largest absolute Gasteiger partial charge is 0.437 e. The normalized spacial score (nSPS) is 11.9. The number of carbonyl (C=O) groups excluding carboxylic acids is 1. The quantitative estimate of drug-likeness (QED) is 0.139. The van der Waals surface area contributed by atoms with Crippen molar-refractivity contribution in [3.63, 3.8) is 0 Å². The molecule has 0 atom stereocenters. The molecule has 0 saturated carbocycles. The van der Waals surface area contributed by atoms with Gasteiger partial charge in [-0.05, 0) is 60.9 Å². The highest BCUT2D eigenvalue weighted by Crippen LogP contribution is 2.36. The molecule has 11 nitrogen and oxygen atoms in total. The summed E-state index contributed by atoms with van der Waals surface area (Å²) in [5.74, 6) is -1.22. The van der Waals surface area contributed by atoms with Crippen LogP contribution in [-0.2, 0) is 22.7 Å². The van der Waals surface area contributed by atoms with Crippen LogP contribution < -0.4 is 14.8 Å². The molecule has 0 spiro atoms. The number of sulfonamides is 1. The fourth-order valence-electron chi connectivity index (χ4n) is 4.06. The summed E-state index contributed by atoms with van der Waals surface area (Å²) < 4.78 is 75.6. The third-order valence-corrected chi connectivity index (χ3v) is 8.07. The van der Waals surface area contributed by atoms with Gasteiger partial charge in [0, 0.05) is 35.8 Å². The van der Waals surface area contributed by atoms with Gasteiger partial charge in [-0.25, -0.2) is 13.1 Å². The molecular formula is C29H27ClF3N5O6S. The number of rotatable bonds is 11. The standard InChI is InChI=1S/C29H27ClF3N5O6S/c1-17(2)15-35-45(42,43)25-14-23(38(40)41)11-12-24(25)44-28-18(3)26(36-37(28)22-9-7-21(30)8-10-22)27(39)34-16-19-5-4-6-20(13-19)29(31,32)33/h4-14,17,35H,15-16H2,1-3H3,(H,34,39). The molecule has 1 amide bonds. The zero-order valence-electron chi connectivity index (χ0n) is 24.1. The van der Waals surface area contributed by atoms with Crippen molar-refractivity contribution in [3.8, 4) is 17.3 Å². The molecular weight excluding hydrogens is 639 g/mol. The van der Waals surface area contributed by atoms with E-state index in [0.717, 1.165) is 30.3 Å². The molecule has 3 aromatic carbocycles. The number of nitro benzene ring substituents is 1. The molecule has 16 heteroatoms. The molecule has 0 saturated heterocycles. The van der Waals surface area contributed by atoms with E-state index in [1.54, 1.807) is 38.1 Å². The number of amides is 1. The average molecular weight is 666 g/mol. The highest BCUT2D eigenvalue weighted by Gasteiger charge is 2.31. The first kappa shape index (κ1) is 33.4. The molecule has 0 bridgehead atoms. The number of hydrogen-bond donors (Lipinski definition) is 2. The molecule has 0 aliphatic heterocycles. The van der Waals surface area contributed by atoms with Gasteiger partial charge in [0.1, 0.15) is 10.6 Å². The Morgan fingerprint density at radius 1 is 1.11 bits per heavy atom. The molecule has 4 aromatic rings. The van der Waals surface area contributed by atoms with Gasteiger partial charge in [-0.1, -0.05) is 37.6 Å². The summed E-state index contributed by atoms with van der Waals surface area (Å²) in [5, 5.41) is 18.8. The summed E-state index contributed by atoms with van der Waals surface area (Å²) in [6.07, 6.45) is -4.56. The Hall–Kier alpha value is -4.47. The van der Waals surface area contributed by atoms with E-state index < -0.39 is 43.2 Å². The number of aromatic nitrogens is 2. The highest BCUT2D eigenvalue weighted by molar-refractivity contribution is 7.89. The van der Waals surface area contributed by atoms with Crippen LogP contribution in [0.4, 0.5) is 18.9 Å². The lowest BCUT2D eigenvalue weighted by Crippen LogP contribution is -2.28. The lowest BCUT2D eigenvalue weighted by Gasteiger charge is -2.15. The SMILES string of the molecule is Cc1c(C(=O)NCc2cccc(C(F)(F)F)c2)nn(-c2ccc(Cl)cc2)c1Oc1ccc([N+](=O)[O-])cc1S(=O)(=O)NCC(C)C. The molecule has 1 aromatic heterocycles. The van der Waals surface area contributed by atoms with Gasteiger partial charge in [-0.3, -0.25) is 14.9 Å². The summed E-state index contributed by atoms with van der Waals surface area (Å²) in [4.78, 5) is 23.5. The summed E-state index contributed by atoms with van der Waals surface area (Å²) in [5.41, 5.74) is -0.841. The Balaban J connectivity index is 1.76. The van der Waals surface area contributed by atoms with Crippen LogP contribution in [-0.4, -0.2) is 35.6 Å². The number of nitrogens with one attached hydrogen (secondary N) is 2. The van der Waals surface area contributed by atoms with E-state index in [-0.39, 0.29) is 47.5 Å². The smallest absolute Gasteiger partial charge is 0.416 e. The Bertz CT molecular complexity index is 1840. The van der Waals surface area contributed by atoms with Crippen LogP contribution in [0.5, 0.6) is 11.6 Å². The lowest BCUT2D eigenvalue weighted by molar-refractivity contribution is -0.385. The summed E-state index contributed by atoms with van der Waals surface area (Å²) in [6.45, 7) is 4.83. The molecule has 0 aliphatic rings. The number of halogens is 4. The first-order chi connectivity index (χ1) is 21.1. The predicted molar refractivity (Wildman–Crippen MR) is 159 cm³/mol. The second kappa shape index (κ2) is 13.3. The van der Waals surface area contributed by atoms with Crippen LogP contribution in [0.25, 0.3) is 5.69 Å². The van der Waals surface area contributed by atoms with E-state index in [2.05, 4.69) is 15.1 Å². The number of nitrogens with zero attached hydrogens (tertiary/aromatic N) is 3. The van der Waals surface area contributed by atoms with Crippen LogP contribution in [0.3, 0.4) is 0 Å². The molecule has 0 radical (unpaired) electrons. The van der Waals surface area contributed by atoms with E-state index in [1.807, 2.05) is 0 Å². The third kappa shape index (κ3) is 7.98. The van der Waals surface area contributed by atoms with Crippen molar-refractivity contribution in [1.82, 2.24) is 19.8 Å². The lowest BCUT2D eigenvalue weighted by atomic mass is 10.1. The highest BCUT2D eigenvalue weighted by atomic mass is 35.5. The van der Waals surface area contributed by atoms with Crippen molar-refractivity contribution in [1.29, 1.82) is 0 Å². The molecule has 1 heterocycles. The average Bonchev–Trinajstić information content (AvgIpc) is 3.30. The van der Waals surface area contributed by atoms with Gasteiger partial charge in [0.05, 0.1) is 16.2 Å². The number of benzene rings is 3. The maximum absolute atomic E-state index is 13.3. The monoisotopic (exact) mass is 665 g/mol. The van der Waals surface area contributed by atoms with E-state index in [4.69, 9.17) is 16.3 Å². The van der Waals surface area contributed by atoms with Crippen LogP contribution in [0.15, 0.2) is 71.6 Å². The van der Waals surface area contributed by atoms with Gasteiger partial charge < -0.3 is 10.1 Å². The van der Waals surface area contributed by atoms with E-state index >= 15 is 0 Å². The van der Waals surface area contributed by atoms with Gasteiger partial charge >= 0.3 is 6.18 Å². The maximum atomic E-state index is 13.3. The molecule has 45 heavy (non-hydrogen) atoms. The van der Waals surface area contributed by atoms with E-state index in [9.17, 15) is 36.5 Å². The zero-order valence-corrected chi connectivity index (χ0v) is 25.6.